The normalized spacial score (nSPS) is 11.4. The SMILES string of the molecule is Cc1cc(Cl)nc(NC([O-])=NS(=O)(=O)Oc2ccccc2[N+](=O)[O-])n1.[Na+]. The molecule has 0 aliphatic rings. The Balaban J connectivity index is 0.00000338. The van der Waals surface area contributed by atoms with Crippen LogP contribution in [0.25, 0.3) is 0 Å². The molecule has 1 aromatic carbocycles. The minimum Gasteiger partial charge on any atom is -0.845 e. The molecular formula is C12H9ClN5NaO6S. The van der Waals surface area contributed by atoms with Gasteiger partial charge in [-0.25, -0.2) is 9.97 Å². The summed E-state index contributed by atoms with van der Waals surface area (Å²) in [6.07, 6.45) is 0. The topological polar surface area (TPSA) is 160 Å². The first-order valence-corrected chi connectivity index (χ1v) is 8.13. The van der Waals surface area contributed by atoms with Crippen LogP contribution in [0, 0.1) is 17.0 Å². The number of aromatic nitrogens is 2. The van der Waals surface area contributed by atoms with Crippen LogP contribution in [0.5, 0.6) is 5.75 Å². The first-order valence-electron chi connectivity index (χ1n) is 6.39. The van der Waals surface area contributed by atoms with Gasteiger partial charge in [0.05, 0.1) is 10.9 Å². The Morgan fingerprint density at radius 2 is 2.00 bits per heavy atom. The van der Waals surface area contributed by atoms with Gasteiger partial charge in [-0.3, -0.25) is 10.1 Å². The number of para-hydroxylation sites is 2. The summed E-state index contributed by atoms with van der Waals surface area (Å²) < 4.78 is 30.8. The van der Waals surface area contributed by atoms with E-state index in [1.165, 1.54) is 18.2 Å². The summed E-state index contributed by atoms with van der Waals surface area (Å²) in [6.45, 7) is 1.58. The van der Waals surface area contributed by atoms with Gasteiger partial charge in [-0.05, 0) is 19.1 Å². The molecule has 14 heteroatoms. The number of nitrogens with one attached hydrogen (secondary N) is 1. The van der Waals surface area contributed by atoms with Gasteiger partial charge in [0.15, 0.2) is 0 Å². The first kappa shape index (κ1) is 22.1. The van der Waals surface area contributed by atoms with Crippen molar-refractivity contribution in [3.63, 3.8) is 0 Å². The molecule has 0 aliphatic heterocycles. The van der Waals surface area contributed by atoms with Crippen molar-refractivity contribution in [2.45, 2.75) is 6.92 Å². The molecule has 2 aromatic rings. The molecule has 0 bridgehead atoms. The smallest absolute Gasteiger partial charge is 0.845 e. The van der Waals surface area contributed by atoms with E-state index in [9.17, 15) is 23.6 Å². The number of amidine groups is 1. The average molecular weight is 410 g/mol. The molecule has 2 rings (SSSR count). The molecule has 1 aromatic heterocycles. The molecule has 1 N–H and O–H groups in total. The second-order valence-corrected chi connectivity index (χ2v) is 6.00. The first-order chi connectivity index (χ1) is 11.7. The number of halogens is 1. The van der Waals surface area contributed by atoms with E-state index in [0.29, 0.717) is 5.69 Å². The summed E-state index contributed by atoms with van der Waals surface area (Å²) in [4.78, 5) is 17.5. The van der Waals surface area contributed by atoms with Crippen LogP contribution in [0.2, 0.25) is 5.15 Å². The Labute approximate surface area is 174 Å². The largest absolute Gasteiger partial charge is 1.00 e. The van der Waals surface area contributed by atoms with Crippen molar-refractivity contribution in [3.8, 4) is 5.75 Å². The van der Waals surface area contributed by atoms with Crippen LogP contribution < -0.4 is 44.2 Å². The van der Waals surface area contributed by atoms with Crippen LogP contribution >= 0.6 is 11.6 Å². The van der Waals surface area contributed by atoms with E-state index in [4.69, 9.17) is 11.6 Å². The van der Waals surface area contributed by atoms with Gasteiger partial charge in [0.25, 0.3) is 0 Å². The molecule has 11 nitrogen and oxygen atoms in total. The van der Waals surface area contributed by atoms with Gasteiger partial charge in [0.2, 0.25) is 11.7 Å². The van der Waals surface area contributed by atoms with E-state index >= 15 is 0 Å². The van der Waals surface area contributed by atoms with Crippen LogP contribution in [0.3, 0.4) is 0 Å². The van der Waals surface area contributed by atoms with Crippen LogP contribution in [0.4, 0.5) is 11.6 Å². The Kier molecular flexibility index (Phi) is 7.71. The minimum atomic E-state index is -4.81. The number of nitro groups is 1. The Hall–Kier alpha value is -1.99. The van der Waals surface area contributed by atoms with Crippen molar-refractivity contribution in [2.24, 2.45) is 4.40 Å². The van der Waals surface area contributed by atoms with E-state index in [1.807, 2.05) is 5.32 Å². The number of anilines is 1. The van der Waals surface area contributed by atoms with Gasteiger partial charge < -0.3 is 14.6 Å². The zero-order valence-electron chi connectivity index (χ0n) is 13.4. The average Bonchev–Trinajstić information content (AvgIpc) is 2.44. The summed E-state index contributed by atoms with van der Waals surface area (Å²) in [6, 6.07) is 4.78. The van der Waals surface area contributed by atoms with Crippen molar-refractivity contribution in [3.05, 3.63) is 51.3 Å². The van der Waals surface area contributed by atoms with Crippen molar-refractivity contribution < 1.29 is 52.2 Å². The van der Waals surface area contributed by atoms with Crippen LogP contribution in [-0.4, -0.2) is 29.3 Å². The maximum atomic E-state index is 11.8. The number of nitro benzene ring substituents is 1. The number of rotatable bonds is 5. The van der Waals surface area contributed by atoms with E-state index in [0.717, 1.165) is 12.1 Å². The molecule has 0 atom stereocenters. The Bertz CT molecular complexity index is 935. The van der Waals surface area contributed by atoms with E-state index < -0.39 is 32.7 Å². The van der Waals surface area contributed by atoms with Crippen molar-refractivity contribution >= 4 is 39.6 Å². The molecule has 0 fully saturated rings. The molecule has 0 unspecified atom stereocenters. The summed E-state index contributed by atoms with van der Waals surface area (Å²) in [5.41, 5.74) is -0.176. The second kappa shape index (κ2) is 9.09. The minimum absolute atomic E-state index is 0. The number of hydrogen-bond donors (Lipinski definition) is 1. The molecule has 0 spiro atoms. The number of nitrogens with zero attached hydrogens (tertiary/aromatic N) is 4. The van der Waals surface area contributed by atoms with Gasteiger partial charge in [0, 0.05) is 11.8 Å². The molecule has 0 radical (unpaired) electrons. The van der Waals surface area contributed by atoms with Gasteiger partial charge in [0.1, 0.15) is 5.15 Å². The Morgan fingerprint density at radius 1 is 1.35 bits per heavy atom. The molecule has 0 saturated heterocycles. The maximum Gasteiger partial charge on any atom is 1.00 e. The van der Waals surface area contributed by atoms with E-state index in [2.05, 4.69) is 18.5 Å². The fourth-order valence-electron chi connectivity index (χ4n) is 1.62. The summed E-state index contributed by atoms with van der Waals surface area (Å²) in [7, 11) is -4.81. The van der Waals surface area contributed by atoms with Crippen LogP contribution in [-0.2, 0) is 10.3 Å². The predicted molar refractivity (Wildman–Crippen MR) is 85.5 cm³/mol. The van der Waals surface area contributed by atoms with E-state index in [1.54, 1.807) is 6.92 Å². The zero-order valence-corrected chi connectivity index (χ0v) is 17.0. The molecule has 26 heavy (non-hydrogen) atoms. The van der Waals surface area contributed by atoms with Crippen LogP contribution in [0.1, 0.15) is 5.69 Å². The second-order valence-electron chi connectivity index (χ2n) is 4.41. The number of aryl methyl sites for hydroxylation is 1. The third kappa shape index (κ3) is 6.38. The summed E-state index contributed by atoms with van der Waals surface area (Å²) >= 11 is 5.68. The fourth-order valence-corrected chi connectivity index (χ4v) is 2.51. The molecule has 0 saturated carbocycles. The zero-order chi connectivity index (χ0) is 18.6. The van der Waals surface area contributed by atoms with Gasteiger partial charge in [-0.2, -0.15) is 8.42 Å². The van der Waals surface area contributed by atoms with Crippen molar-refractivity contribution in [1.82, 2.24) is 9.97 Å². The van der Waals surface area contributed by atoms with Gasteiger partial charge in [-0.15, -0.1) is 4.40 Å². The van der Waals surface area contributed by atoms with E-state index in [-0.39, 0.29) is 40.7 Å². The number of hydrogen-bond acceptors (Lipinski definition) is 8. The van der Waals surface area contributed by atoms with Gasteiger partial charge >= 0.3 is 45.5 Å². The monoisotopic (exact) mass is 409 g/mol. The molecular weight excluding hydrogens is 401 g/mol. The van der Waals surface area contributed by atoms with Crippen molar-refractivity contribution in [1.29, 1.82) is 0 Å². The van der Waals surface area contributed by atoms with Crippen LogP contribution in [0.15, 0.2) is 34.7 Å². The third-order valence-electron chi connectivity index (χ3n) is 2.49. The fraction of sp³-hybridized carbons (Fsp3) is 0.0833. The molecule has 0 amide bonds. The standard InChI is InChI=1S/C12H10ClN5O6S.Na/c1-7-6-10(13)15-11(14-7)16-12(19)17-25(22,23)24-9-5-3-2-4-8(9)18(20)21;/h2-6H,1H3,(H2,14,15,16,17,19);/q;+1/p-1. The number of benzene rings is 1. The Morgan fingerprint density at radius 3 is 2.62 bits per heavy atom. The molecule has 132 valence electrons. The molecule has 0 aliphatic carbocycles. The van der Waals surface area contributed by atoms with Crippen molar-refractivity contribution in [2.75, 3.05) is 5.32 Å². The summed E-state index contributed by atoms with van der Waals surface area (Å²) in [5.74, 6) is -0.849. The maximum absolute atomic E-state index is 11.8. The summed E-state index contributed by atoms with van der Waals surface area (Å²) in [5, 5.41) is 24.5. The predicted octanol–water partition coefficient (Wildman–Crippen LogP) is -2.20. The third-order valence-corrected chi connectivity index (χ3v) is 3.47. The quantitative estimate of drug-likeness (QED) is 0.144. The molecule has 1 heterocycles. The van der Waals surface area contributed by atoms with Gasteiger partial charge in [-0.1, -0.05) is 23.7 Å².